The summed E-state index contributed by atoms with van der Waals surface area (Å²) in [6.45, 7) is 0.332. The third kappa shape index (κ3) is 2.67. The molecule has 0 saturated carbocycles. The van der Waals surface area contributed by atoms with Gasteiger partial charge in [-0.05, 0) is 11.6 Å². The highest BCUT2D eigenvalue weighted by molar-refractivity contribution is 5.81. The van der Waals surface area contributed by atoms with Crippen molar-refractivity contribution < 1.29 is 13.2 Å². The zero-order valence-electron chi connectivity index (χ0n) is 10.9. The smallest absolute Gasteiger partial charge is 0.194 e. The van der Waals surface area contributed by atoms with Crippen molar-refractivity contribution in [2.24, 2.45) is 0 Å². The van der Waals surface area contributed by atoms with Crippen LogP contribution < -0.4 is 5.32 Å². The minimum Gasteiger partial charge on any atom is -0.381 e. The molecule has 3 aromatic rings. The van der Waals surface area contributed by atoms with Gasteiger partial charge in [0, 0.05) is 35.9 Å². The maximum absolute atomic E-state index is 13.2. The van der Waals surface area contributed by atoms with Crippen LogP contribution in [-0.2, 0) is 6.54 Å². The summed E-state index contributed by atoms with van der Waals surface area (Å²) in [7, 11) is 0. The molecule has 21 heavy (non-hydrogen) atoms. The van der Waals surface area contributed by atoms with Crippen molar-refractivity contribution in [3.05, 3.63) is 71.7 Å². The van der Waals surface area contributed by atoms with Gasteiger partial charge in [0.05, 0.1) is 5.52 Å². The van der Waals surface area contributed by atoms with E-state index in [0.29, 0.717) is 6.54 Å². The fourth-order valence-corrected chi connectivity index (χ4v) is 2.16. The zero-order valence-corrected chi connectivity index (χ0v) is 10.9. The number of halogens is 3. The van der Waals surface area contributed by atoms with E-state index in [4.69, 9.17) is 0 Å². The van der Waals surface area contributed by atoms with Gasteiger partial charge < -0.3 is 5.32 Å². The molecule has 0 atom stereocenters. The fourth-order valence-electron chi connectivity index (χ4n) is 2.16. The largest absolute Gasteiger partial charge is 0.381 e. The Labute approximate surface area is 119 Å². The molecule has 0 bridgehead atoms. The van der Waals surface area contributed by atoms with E-state index in [2.05, 4.69) is 10.3 Å². The second-order valence-corrected chi connectivity index (χ2v) is 4.60. The molecule has 106 valence electrons. The van der Waals surface area contributed by atoms with Crippen LogP contribution >= 0.6 is 0 Å². The number of aromatic nitrogens is 1. The van der Waals surface area contributed by atoms with Crippen LogP contribution in [0.1, 0.15) is 5.56 Å². The van der Waals surface area contributed by atoms with Gasteiger partial charge in [-0.15, -0.1) is 0 Å². The number of rotatable bonds is 3. The Balaban J connectivity index is 1.87. The molecule has 1 heterocycles. The molecule has 2 nitrogen and oxygen atoms in total. The van der Waals surface area contributed by atoms with Crippen LogP contribution in [0.2, 0.25) is 0 Å². The van der Waals surface area contributed by atoms with Crippen molar-refractivity contribution in [1.82, 2.24) is 4.98 Å². The van der Waals surface area contributed by atoms with E-state index in [1.54, 1.807) is 6.20 Å². The third-order valence-corrected chi connectivity index (χ3v) is 3.18. The van der Waals surface area contributed by atoms with Crippen LogP contribution in [0.3, 0.4) is 0 Å². The maximum atomic E-state index is 13.2. The first-order valence-electron chi connectivity index (χ1n) is 6.36. The standard InChI is InChI=1S/C16H11F3N2/c17-13-7-12(8-14(18)15(13)19)21-9-11-4-1-3-10-5-2-6-20-16(10)11/h1-8,21H,9H2. The van der Waals surface area contributed by atoms with Crippen LogP contribution in [-0.4, -0.2) is 4.98 Å². The number of para-hydroxylation sites is 1. The average Bonchev–Trinajstić information content (AvgIpc) is 2.50. The summed E-state index contributed by atoms with van der Waals surface area (Å²) in [4.78, 5) is 4.29. The molecule has 0 amide bonds. The molecule has 1 N–H and O–H groups in total. The van der Waals surface area contributed by atoms with Gasteiger partial charge in [0.15, 0.2) is 17.5 Å². The van der Waals surface area contributed by atoms with E-state index in [0.717, 1.165) is 28.6 Å². The summed E-state index contributed by atoms with van der Waals surface area (Å²) >= 11 is 0. The van der Waals surface area contributed by atoms with Crippen molar-refractivity contribution in [3.8, 4) is 0 Å². The Hall–Kier alpha value is -2.56. The van der Waals surface area contributed by atoms with E-state index in [-0.39, 0.29) is 5.69 Å². The van der Waals surface area contributed by atoms with Gasteiger partial charge in [-0.2, -0.15) is 0 Å². The first-order valence-corrected chi connectivity index (χ1v) is 6.36. The minimum atomic E-state index is -1.47. The monoisotopic (exact) mass is 288 g/mol. The first kappa shape index (κ1) is 13.4. The Morgan fingerprint density at radius 2 is 1.67 bits per heavy atom. The van der Waals surface area contributed by atoms with Crippen LogP contribution in [0.4, 0.5) is 18.9 Å². The van der Waals surface area contributed by atoms with E-state index in [9.17, 15) is 13.2 Å². The van der Waals surface area contributed by atoms with Gasteiger partial charge in [-0.1, -0.05) is 24.3 Å². The number of benzene rings is 2. The molecule has 5 heteroatoms. The molecule has 0 aliphatic heterocycles. The summed E-state index contributed by atoms with van der Waals surface area (Å²) in [6, 6.07) is 11.3. The molecular weight excluding hydrogens is 277 g/mol. The number of pyridine rings is 1. The predicted molar refractivity (Wildman–Crippen MR) is 75.4 cm³/mol. The van der Waals surface area contributed by atoms with Crippen molar-refractivity contribution >= 4 is 16.6 Å². The van der Waals surface area contributed by atoms with Crippen LogP contribution in [0, 0.1) is 17.5 Å². The number of hydrogen-bond donors (Lipinski definition) is 1. The number of fused-ring (bicyclic) bond motifs is 1. The Morgan fingerprint density at radius 3 is 2.43 bits per heavy atom. The lowest BCUT2D eigenvalue weighted by Crippen LogP contribution is -2.03. The molecule has 0 aliphatic rings. The lowest BCUT2D eigenvalue weighted by Gasteiger charge is -2.09. The summed E-state index contributed by atoms with van der Waals surface area (Å²) in [5, 5.41) is 3.86. The van der Waals surface area contributed by atoms with Crippen LogP contribution in [0.15, 0.2) is 48.7 Å². The molecule has 0 spiro atoms. The Bertz CT molecular complexity index is 774. The molecule has 2 aromatic carbocycles. The van der Waals surface area contributed by atoms with Crippen molar-refractivity contribution in [3.63, 3.8) is 0 Å². The van der Waals surface area contributed by atoms with E-state index in [1.165, 1.54) is 0 Å². The SMILES string of the molecule is Fc1cc(NCc2cccc3cccnc23)cc(F)c1F. The van der Waals surface area contributed by atoms with Crippen molar-refractivity contribution in [1.29, 1.82) is 0 Å². The topological polar surface area (TPSA) is 24.9 Å². The molecular formula is C16H11F3N2. The predicted octanol–water partition coefficient (Wildman–Crippen LogP) is 4.26. The number of anilines is 1. The number of nitrogens with one attached hydrogen (secondary N) is 1. The Morgan fingerprint density at radius 1 is 0.952 bits per heavy atom. The van der Waals surface area contributed by atoms with Crippen molar-refractivity contribution in [2.75, 3.05) is 5.32 Å². The highest BCUT2D eigenvalue weighted by Gasteiger charge is 2.10. The molecule has 1 aromatic heterocycles. The highest BCUT2D eigenvalue weighted by Crippen LogP contribution is 2.20. The maximum Gasteiger partial charge on any atom is 0.194 e. The molecule has 0 aliphatic carbocycles. The minimum absolute atomic E-state index is 0.180. The number of nitrogens with zero attached hydrogens (tertiary/aromatic N) is 1. The van der Waals surface area contributed by atoms with Gasteiger partial charge >= 0.3 is 0 Å². The molecule has 0 fully saturated rings. The Kier molecular flexibility index (Phi) is 3.48. The fraction of sp³-hybridized carbons (Fsp3) is 0.0625. The normalized spacial score (nSPS) is 10.8. The summed E-state index contributed by atoms with van der Waals surface area (Å²) in [6.07, 6.45) is 1.68. The van der Waals surface area contributed by atoms with Gasteiger partial charge in [0.1, 0.15) is 0 Å². The molecule has 0 radical (unpaired) electrons. The van der Waals surface area contributed by atoms with Crippen LogP contribution in [0.5, 0.6) is 0 Å². The lowest BCUT2D eigenvalue weighted by atomic mass is 10.1. The van der Waals surface area contributed by atoms with E-state index in [1.807, 2.05) is 30.3 Å². The molecule has 0 saturated heterocycles. The highest BCUT2D eigenvalue weighted by atomic mass is 19.2. The quantitative estimate of drug-likeness (QED) is 0.728. The molecule has 3 rings (SSSR count). The first-order chi connectivity index (χ1) is 10.1. The van der Waals surface area contributed by atoms with Crippen molar-refractivity contribution in [2.45, 2.75) is 6.54 Å². The van der Waals surface area contributed by atoms with Gasteiger partial charge in [-0.25, -0.2) is 13.2 Å². The second-order valence-electron chi connectivity index (χ2n) is 4.60. The third-order valence-electron chi connectivity index (χ3n) is 3.18. The zero-order chi connectivity index (χ0) is 14.8. The van der Waals surface area contributed by atoms with E-state index < -0.39 is 17.5 Å². The average molecular weight is 288 g/mol. The second kappa shape index (κ2) is 5.44. The summed E-state index contributed by atoms with van der Waals surface area (Å²) < 4.78 is 39.2. The summed E-state index contributed by atoms with van der Waals surface area (Å²) in [5.41, 5.74) is 1.88. The summed E-state index contributed by atoms with van der Waals surface area (Å²) in [5.74, 6) is -3.89. The van der Waals surface area contributed by atoms with Gasteiger partial charge in [-0.3, -0.25) is 4.98 Å². The van der Waals surface area contributed by atoms with Gasteiger partial charge in [0.25, 0.3) is 0 Å². The van der Waals surface area contributed by atoms with Crippen LogP contribution in [0.25, 0.3) is 10.9 Å². The van der Waals surface area contributed by atoms with Gasteiger partial charge in [0.2, 0.25) is 0 Å². The molecule has 0 unspecified atom stereocenters. The number of hydrogen-bond acceptors (Lipinski definition) is 2. The van der Waals surface area contributed by atoms with E-state index >= 15 is 0 Å². The lowest BCUT2D eigenvalue weighted by molar-refractivity contribution is 0.447.